The first-order chi connectivity index (χ1) is 18.3. The predicted octanol–water partition coefficient (Wildman–Crippen LogP) is 5.41. The fourth-order valence-electron chi connectivity index (χ4n) is 4.36. The Morgan fingerprint density at radius 2 is 1.79 bits per heavy atom. The van der Waals surface area contributed by atoms with E-state index >= 15 is 0 Å². The standard InChI is InChI=1S/C26H24ClN7O3S/c1-16-5-8-19(15-20(16)27)33-30-21-9-7-18(14-22(21)31-33)28-26(38)29-25(35)17-6-10-23(24(13-17)34(36)37)32-11-3-2-4-12-32/h5-10,13-15H,2-4,11-12H2,1H3,(H2,28,29,35,38). The van der Waals surface area contributed by atoms with Crippen molar-refractivity contribution in [3.8, 4) is 5.69 Å². The molecule has 5 rings (SSSR count). The summed E-state index contributed by atoms with van der Waals surface area (Å²) in [6, 6.07) is 15.4. The minimum atomic E-state index is -0.543. The molecule has 3 aromatic carbocycles. The number of piperidine rings is 1. The molecule has 12 heteroatoms. The van der Waals surface area contributed by atoms with Crippen LogP contribution in [0.15, 0.2) is 54.6 Å². The lowest BCUT2D eigenvalue weighted by Crippen LogP contribution is -2.34. The zero-order chi connectivity index (χ0) is 26.8. The molecular formula is C26H24ClN7O3S. The topological polar surface area (TPSA) is 118 Å². The van der Waals surface area contributed by atoms with Gasteiger partial charge in [0.15, 0.2) is 5.11 Å². The number of nitro benzene ring substituents is 1. The van der Waals surface area contributed by atoms with Gasteiger partial charge in [-0.05, 0) is 86.4 Å². The average Bonchev–Trinajstić information content (AvgIpc) is 3.33. The molecule has 0 saturated carbocycles. The number of carbonyl (C=O) groups excluding carboxylic acids is 1. The number of halogens is 1. The molecule has 0 unspecified atom stereocenters. The van der Waals surface area contributed by atoms with Gasteiger partial charge in [0, 0.05) is 35.4 Å². The van der Waals surface area contributed by atoms with Gasteiger partial charge in [0.2, 0.25) is 0 Å². The van der Waals surface area contributed by atoms with Crippen LogP contribution in [0.4, 0.5) is 17.1 Å². The summed E-state index contributed by atoms with van der Waals surface area (Å²) in [6.07, 6.45) is 3.09. The molecule has 38 heavy (non-hydrogen) atoms. The van der Waals surface area contributed by atoms with Crippen LogP contribution in [0.2, 0.25) is 5.02 Å². The third kappa shape index (κ3) is 5.43. The zero-order valence-corrected chi connectivity index (χ0v) is 22.1. The van der Waals surface area contributed by atoms with Crippen LogP contribution in [-0.2, 0) is 0 Å². The van der Waals surface area contributed by atoms with E-state index in [4.69, 9.17) is 23.8 Å². The summed E-state index contributed by atoms with van der Waals surface area (Å²) in [6.45, 7) is 3.44. The largest absolute Gasteiger partial charge is 0.366 e. The third-order valence-corrected chi connectivity index (χ3v) is 6.99. The number of carbonyl (C=O) groups is 1. The highest BCUT2D eigenvalue weighted by molar-refractivity contribution is 7.80. The van der Waals surface area contributed by atoms with Crippen LogP contribution in [0.3, 0.4) is 0 Å². The van der Waals surface area contributed by atoms with Crippen molar-refractivity contribution in [2.45, 2.75) is 26.2 Å². The van der Waals surface area contributed by atoms with E-state index in [0.717, 1.165) is 43.6 Å². The molecule has 1 saturated heterocycles. The predicted molar refractivity (Wildman–Crippen MR) is 151 cm³/mol. The minimum absolute atomic E-state index is 0.0508. The third-order valence-electron chi connectivity index (χ3n) is 6.38. The Morgan fingerprint density at radius 1 is 1.03 bits per heavy atom. The molecule has 0 spiro atoms. The van der Waals surface area contributed by atoms with Crippen molar-refractivity contribution in [3.63, 3.8) is 0 Å². The SMILES string of the molecule is Cc1ccc(-n2nc3ccc(NC(=S)NC(=O)c4ccc(N5CCCCC5)c([N+](=O)[O-])c4)cc3n2)cc1Cl. The summed E-state index contributed by atoms with van der Waals surface area (Å²) in [5, 5.41) is 26.9. The Bertz CT molecular complexity index is 1570. The molecule has 0 atom stereocenters. The maximum atomic E-state index is 12.8. The first-order valence-electron chi connectivity index (χ1n) is 12.1. The highest BCUT2D eigenvalue weighted by Crippen LogP contribution is 2.31. The van der Waals surface area contributed by atoms with Crippen molar-refractivity contribution in [3.05, 3.63) is 80.9 Å². The van der Waals surface area contributed by atoms with Gasteiger partial charge < -0.3 is 10.2 Å². The Kier molecular flexibility index (Phi) is 7.21. The van der Waals surface area contributed by atoms with Crippen LogP contribution in [0.1, 0.15) is 35.2 Å². The second-order valence-electron chi connectivity index (χ2n) is 9.04. The average molecular weight is 550 g/mol. The molecule has 0 bridgehead atoms. The highest BCUT2D eigenvalue weighted by atomic mass is 35.5. The van der Waals surface area contributed by atoms with Gasteiger partial charge in [0.05, 0.1) is 10.6 Å². The quantitative estimate of drug-likeness (QED) is 0.193. The Hall–Kier alpha value is -4.09. The van der Waals surface area contributed by atoms with E-state index in [9.17, 15) is 14.9 Å². The number of hydrogen-bond donors (Lipinski definition) is 2. The highest BCUT2D eigenvalue weighted by Gasteiger charge is 2.23. The van der Waals surface area contributed by atoms with Gasteiger partial charge in [0.1, 0.15) is 16.7 Å². The molecule has 1 aliphatic rings. The molecule has 2 N–H and O–H groups in total. The van der Waals surface area contributed by atoms with Gasteiger partial charge in [-0.25, -0.2) is 0 Å². The number of benzene rings is 3. The molecule has 10 nitrogen and oxygen atoms in total. The zero-order valence-electron chi connectivity index (χ0n) is 20.5. The lowest BCUT2D eigenvalue weighted by atomic mass is 10.1. The molecule has 1 amide bonds. The number of nitrogens with one attached hydrogen (secondary N) is 2. The number of fused-ring (bicyclic) bond motifs is 1. The number of anilines is 2. The van der Waals surface area contributed by atoms with E-state index in [0.29, 0.717) is 27.4 Å². The van der Waals surface area contributed by atoms with Crippen molar-refractivity contribution in [2.75, 3.05) is 23.3 Å². The van der Waals surface area contributed by atoms with Crippen LogP contribution in [-0.4, -0.2) is 44.0 Å². The van der Waals surface area contributed by atoms with Crippen LogP contribution in [0.5, 0.6) is 0 Å². The van der Waals surface area contributed by atoms with Crippen molar-refractivity contribution in [1.29, 1.82) is 0 Å². The van der Waals surface area contributed by atoms with E-state index in [1.54, 1.807) is 36.4 Å². The van der Waals surface area contributed by atoms with Gasteiger partial charge in [-0.3, -0.25) is 20.2 Å². The lowest BCUT2D eigenvalue weighted by molar-refractivity contribution is -0.384. The van der Waals surface area contributed by atoms with E-state index in [1.807, 2.05) is 24.0 Å². The minimum Gasteiger partial charge on any atom is -0.366 e. The molecule has 0 aliphatic carbocycles. The number of rotatable bonds is 5. The molecule has 194 valence electrons. The molecule has 4 aromatic rings. The normalized spacial score (nSPS) is 13.4. The summed E-state index contributed by atoms with van der Waals surface area (Å²) in [4.78, 5) is 27.6. The Labute approximate surface area is 228 Å². The van der Waals surface area contributed by atoms with Crippen molar-refractivity contribution in [2.24, 2.45) is 0 Å². The number of hydrogen-bond acceptors (Lipinski definition) is 7. The van der Waals surface area contributed by atoms with Gasteiger partial charge in [-0.1, -0.05) is 17.7 Å². The maximum Gasteiger partial charge on any atom is 0.293 e. The molecule has 2 heterocycles. The number of nitro groups is 1. The van der Waals surface area contributed by atoms with Gasteiger partial charge in [-0.15, -0.1) is 10.2 Å². The van der Waals surface area contributed by atoms with Crippen LogP contribution >= 0.6 is 23.8 Å². The molecule has 1 fully saturated rings. The summed E-state index contributed by atoms with van der Waals surface area (Å²) in [5.41, 5.74) is 4.16. The first-order valence-corrected chi connectivity index (χ1v) is 12.9. The smallest absolute Gasteiger partial charge is 0.293 e. The van der Waals surface area contributed by atoms with Crippen LogP contribution in [0.25, 0.3) is 16.7 Å². The summed E-state index contributed by atoms with van der Waals surface area (Å²) in [7, 11) is 0. The van der Waals surface area contributed by atoms with Crippen LogP contribution < -0.4 is 15.5 Å². The van der Waals surface area contributed by atoms with Gasteiger partial charge in [0.25, 0.3) is 11.6 Å². The number of thiocarbonyl (C=S) groups is 1. The van der Waals surface area contributed by atoms with Crippen molar-refractivity contribution < 1.29 is 9.72 Å². The monoisotopic (exact) mass is 549 g/mol. The second-order valence-corrected chi connectivity index (χ2v) is 9.86. The van der Waals surface area contributed by atoms with E-state index < -0.39 is 10.8 Å². The number of nitrogens with zero attached hydrogens (tertiary/aromatic N) is 5. The fourth-order valence-corrected chi connectivity index (χ4v) is 4.75. The number of aromatic nitrogens is 3. The lowest BCUT2D eigenvalue weighted by Gasteiger charge is -2.28. The fraction of sp³-hybridized carbons (Fsp3) is 0.231. The molecule has 1 aliphatic heterocycles. The van der Waals surface area contributed by atoms with Crippen molar-refractivity contribution >= 4 is 62.9 Å². The summed E-state index contributed by atoms with van der Waals surface area (Å²) < 4.78 is 0. The molecule has 0 radical (unpaired) electrons. The number of amides is 1. The Morgan fingerprint density at radius 3 is 2.53 bits per heavy atom. The molecule has 1 aromatic heterocycles. The molecular weight excluding hydrogens is 526 g/mol. The first kappa shape index (κ1) is 25.6. The summed E-state index contributed by atoms with van der Waals surface area (Å²) >= 11 is 11.5. The Balaban J connectivity index is 1.28. The number of aryl methyl sites for hydroxylation is 1. The maximum absolute atomic E-state index is 12.8. The van der Waals surface area contributed by atoms with Gasteiger partial charge >= 0.3 is 0 Å². The summed E-state index contributed by atoms with van der Waals surface area (Å²) in [5.74, 6) is -0.543. The van der Waals surface area contributed by atoms with Crippen LogP contribution in [0, 0.1) is 17.0 Å². The van der Waals surface area contributed by atoms with E-state index in [1.165, 1.54) is 10.9 Å². The van der Waals surface area contributed by atoms with E-state index in [2.05, 4.69) is 20.8 Å². The van der Waals surface area contributed by atoms with Crippen molar-refractivity contribution in [1.82, 2.24) is 20.3 Å². The van der Waals surface area contributed by atoms with E-state index in [-0.39, 0.29) is 16.4 Å². The van der Waals surface area contributed by atoms with Gasteiger partial charge in [-0.2, -0.15) is 4.80 Å². The second kappa shape index (κ2) is 10.7.